The zero-order chi connectivity index (χ0) is 10.6. The first-order valence-corrected chi connectivity index (χ1v) is 5.02. The van der Waals surface area contributed by atoms with Crippen LogP contribution in [0.25, 0.3) is 0 Å². The third kappa shape index (κ3) is 2.91. The molecule has 1 atom stereocenters. The topological polar surface area (TPSA) is 9.23 Å². The fourth-order valence-electron chi connectivity index (χ4n) is 1.28. The van der Waals surface area contributed by atoms with Crippen molar-refractivity contribution in [3.8, 4) is 5.75 Å². The molecule has 1 heteroatoms. The Morgan fingerprint density at radius 1 is 1.29 bits per heavy atom. The van der Waals surface area contributed by atoms with Gasteiger partial charge in [-0.2, -0.15) is 0 Å². The summed E-state index contributed by atoms with van der Waals surface area (Å²) in [5, 5.41) is 0. The van der Waals surface area contributed by atoms with E-state index in [9.17, 15) is 0 Å². The molecular formula is C13H18O. The van der Waals surface area contributed by atoms with Crippen molar-refractivity contribution in [2.75, 3.05) is 0 Å². The van der Waals surface area contributed by atoms with Gasteiger partial charge in [-0.1, -0.05) is 25.1 Å². The van der Waals surface area contributed by atoms with Crippen molar-refractivity contribution in [3.05, 3.63) is 42.5 Å². The molecule has 0 fully saturated rings. The second-order valence-electron chi connectivity index (χ2n) is 3.76. The van der Waals surface area contributed by atoms with E-state index in [1.54, 1.807) is 0 Å². The van der Waals surface area contributed by atoms with Gasteiger partial charge in [0.25, 0.3) is 0 Å². The Labute approximate surface area is 86.4 Å². The Balaban J connectivity index is 2.83. The van der Waals surface area contributed by atoms with Crippen LogP contribution in [0.4, 0.5) is 0 Å². The van der Waals surface area contributed by atoms with Gasteiger partial charge in [0.15, 0.2) is 0 Å². The molecule has 0 bridgehead atoms. The molecule has 1 unspecified atom stereocenters. The number of benzene rings is 1. The van der Waals surface area contributed by atoms with Crippen molar-refractivity contribution in [2.45, 2.75) is 32.8 Å². The lowest BCUT2D eigenvalue weighted by Crippen LogP contribution is -2.05. The summed E-state index contributed by atoms with van der Waals surface area (Å²) < 4.78 is 5.62. The van der Waals surface area contributed by atoms with Crippen LogP contribution >= 0.6 is 0 Å². The highest BCUT2D eigenvalue weighted by atomic mass is 16.5. The number of rotatable bonds is 4. The highest BCUT2D eigenvalue weighted by Gasteiger charge is 2.03. The van der Waals surface area contributed by atoms with Gasteiger partial charge in [-0.25, -0.2) is 0 Å². The lowest BCUT2D eigenvalue weighted by molar-refractivity contribution is 0.242. The molecule has 0 aliphatic carbocycles. The predicted molar refractivity (Wildman–Crippen MR) is 60.8 cm³/mol. The average molecular weight is 190 g/mol. The van der Waals surface area contributed by atoms with E-state index < -0.39 is 0 Å². The van der Waals surface area contributed by atoms with Crippen LogP contribution < -0.4 is 4.74 Å². The Morgan fingerprint density at radius 3 is 2.57 bits per heavy atom. The van der Waals surface area contributed by atoms with Crippen molar-refractivity contribution < 1.29 is 4.74 Å². The van der Waals surface area contributed by atoms with Gasteiger partial charge in [0.2, 0.25) is 0 Å². The minimum absolute atomic E-state index is 0.226. The molecule has 0 saturated heterocycles. The lowest BCUT2D eigenvalue weighted by Gasteiger charge is -2.12. The summed E-state index contributed by atoms with van der Waals surface area (Å²) >= 11 is 0. The minimum Gasteiger partial charge on any atom is -0.491 e. The smallest absolute Gasteiger partial charge is 0.119 e. The molecule has 0 spiro atoms. The van der Waals surface area contributed by atoms with Gasteiger partial charge in [0.05, 0.1) is 6.10 Å². The first kappa shape index (κ1) is 10.8. The zero-order valence-corrected chi connectivity index (χ0v) is 9.16. The third-order valence-electron chi connectivity index (χ3n) is 2.11. The minimum atomic E-state index is 0.226. The van der Waals surface area contributed by atoms with Gasteiger partial charge in [0.1, 0.15) is 5.75 Å². The van der Waals surface area contributed by atoms with Crippen LogP contribution in [0, 0.1) is 0 Å². The summed E-state index contributed by atoms with van der Waals surface area (Å²) in [5.41, 5.74) is 1.25. The van der Waals surface area contributed by atoms with Crippen LogP contribution in [0.5, 0.6) is 5.75 Å². The summed E-state index contributed by atoms with van der Waals surface area (Å²) in [6.07, 6.45) is 2.17. The van der Waals surface area contributed by atoms with Crippen molar-refractivity contribution in [2.24, 2.45) is 0 Å². The molecule has 0 N–H and O–H groups in total. The molecule has 0 aliphatic heterocycles. The van der Waals surface area contributed by atoms with Crippen molar-refractivity contribution in [3.63, 3.8) is 0 Å². The van der Waals surface area contributed by atoms with E-state index in [1.165, 1.54) is 5.56 Å². The molecule has 0 amide bonds. The molecule has 76 valence electrons. The Kier molecular flexibility index (Phi) is 3.75. The molecule has 1 rings (SSSR count). The normalized spacial score (nSPS) is 12.6. The van der Waals surface area contributed by atoms with Crippen molar-refractivity contribution in [1.82, 2.24) is 0 Å². The quantitative estimate of drug-likeness (QED) is 0.657. The van der Waals surface area contributed by atoms with E-state index in [4.69, 9.17) is 4.74 Å². The maximum absolute atomic E-state index is 5.62. The number of hydrogen-bond donors (Lipinski definition) is 0. The summed E-state index contributed by atoms with van der Waals surface area (Å²) in [6.45, 7) is 9.98. The summed E-state index contributed by atoms with van der Waals surface area (Å²) in [5.74, 6) is 1.32. The van der Waals surface area contributed by atoms with Crippen LogP contribution in [-0.2, 0) is 0 Å². The van der Waals surface area contributed by atoms with Crippen molar-refractivity contribution >= 4 is 0 Å². The van der Waals surface area contributed by atoms with E-state index in [0.717, 1.165) is 5.75 Å². The van der Waals surface area contributed by atoms with Crippen LogP contribution in [0.1, 0.15) is 32.3 Å². The van der Waals surface area contributed by atoms with E-state index in [2.05, 4.69) is 25.6 Å². The Bertz CT molecular complexity index is 302. The molecule has 0 saturated carbocycles. The van der Waals surface area contributed by atoms with Crippen LogP contribution in [0.3, 0.4) is 0 Å². The lowest BCUT2D eigenvalue weighted by atomic mass is 10.0. The first-order valence-electron chi connectivity index (χ1n) is 5.02. The van der Waals surface area contributed by atoms with Crippen LogP contribution in [0.2, 0.25) is 0 Å². The Morgan fingerprint density at radius 2 is 2.00 bits per heavy atom. The standard InChI is InChI=1S/C13H18O/c1-5-11(4)12-7-6-8-13(9-12)14-10(2)3/h5-11H,1H2,2-4H3. The van der Waals surface area contributed by atoms with Gasteiger partial charge in [-0.3, -0.25) is 0 Å². The highest BCUT2D eigenvalue weighted by Crippen LogP contribution is 2.21. The zero-order valence-electron chi connectivity index (χ0n) is 9.16. The van der Waals surface area contributed by atoms with E-state index in [1.807, 2.05) is 32.1 Å². The second kappa shape index (κ2) is 4.85. The van der Waals surface area contributed by atoms with E-state index in [0.29, 0.717) is 5.92 Å². The summed E-state index contributed by atoms with van der Waals surface area (Å²) in [6, 6.07) is 8.18. The monoisotopic (exact) mass is 190 g/mol. The van der Waals surface area contributed by atoms with Gasteiger partial charge in [0, 0.05) is 0 Å². The molecule has 0 aliphatic rings. The first-order chi connectivity index (χ1) is 6.63. The number of hydrogen-bond acceptors (Lipinski definition) is 1. The molecule has 0 radical (unpaired) electrons. The van der Waals surface area contributed by atoms with Gasteiger partial charge >= 0.3 is 0 Å². The largest absolute Gasteiger partial charge is 0.491 e. The Hall–Kier alpha value is -1.24. The molecule has 14 heavy (non-hydrogen) atoms. The van der Waals surface area contributed by atoms with E-state index in [-0.39, 0.29) is 6.10 Å². The fourth-order valence-corrected chi connectivity index (χ4v) is 1.28. The number of ether oxygens (including phenoxy) is 1. The van der Waals surface area contributed by atoms with Crippen molar-refractivity contribution in [1.29, 1.82) is 0 Å². The van der Waals surface area contributed by atoms with Gasteiger partial charge < -0.3 is 4.74 Å². The average Bonchev–Trinajstić information content (AvgIpc) is 2.16. The highest BCUT2D eigenvalue weighted by molar-refractivity contribution is 5.32. The SMILES string of the molecule is C=CC(C)c1cccc(OC(C)C)c1. The van der Waals surface area contributed by atoms with Crippen LogP contribution in [0.15, 0.2) is 36.9 Å². The summed E-state index contributed by atoms with van der Waals surface area (Å²) in [7, 11) is 0. The molecule has 0 aromatic heterocycles. The predicted octanol–water partition coefficient (Wildman–Crippen LogP) is 3.76. The van der Waals surface area contributed by atoms with E-state index >= 15 is 0 Å². The molecule has 1 nitrogen and oxygen atoms in total. The number of allylic oxidation sites excluding steroid dienone is 1. The fraction of sp³-hybridized carbons (Fsp3) is 0.385. The van der Waals surface area contributed by atoms with Gasteiger partial charge in [-0.05, 0) is 37.5 Å². The molecule has 1 aromatic carbocycles. The summed E-state index contributed by atoms with van der Waals surface area (Å²) in [4.78, 5) is 0. The molecule has 0 heterocycles. The maximum atomic E-state index is 5.62. The maximum Gasteiger partial charge on any atom is 0.119 e. The molecule has 1 aromatic rings. The van der Waals surface area contributed by atoms with Gasteiger partial charge in [-0.15, -0.1) is 6.58 Å². The third-order valence-corrected chi connectivity index (χ3v) is 2.11. The second-order valence-corrected chi connectivity index (χ2v) is 3.76. The van der Waals surface area contributed by atoms with Crippen LogP contribution in [-0.4, -0.2) is 6.10 Å². The molecular weight excluding hydrogens is 172 g/mol.